The van der Waals surface area contributed by atoms with Gasteiger partial charge in [0.25, 0.3) is 0 Å². The molecule has 0 bridgehead atoms. The van der Waals surface area contributed by atoms with Crippen molar-refractivity contribution >= 4 is 22.8 Å². The molecule has 0 saturated heterocycles. The van der Waals surface area contributed by atoms with Gasteiger partial charge >= 0.3 is 5.97 Å². The van der Waals surface area contributed by atoms with Crippen LogP contribution in [0.4, 0.5) is 0 Å². The monoisotopic (exact) mass is 286 g/mol. The van der Waals surface area contributed by atoms with Gasteiger partial charge in [-0.1, -0.05) is 31.2 Å². The van der Waals surface area contributed by atoms with Gasteiger partial charge in [0.1, 0.15) is 11.5 Å². The van der Waals surface area contributed by atoms with Gasteiger partial charge in [-0.25, -0.2) is 4.79 Å². The summed E-state index contributed by atoms with van der Waals surface area (Å²) in [7, 11) is 3.18. The molecule has 2 aromatic carbocycles. The van der Waals surface area contributed by atoms with E-state index in [1.165, 1.54) is 0 Å². The van der Waals surface area contributed by atoms with Crippen molar-refractivity contribution in [3.05, 3.63) is 41.5 Å². The van der Waals surface area contributed by atoms with E-state index in [0.717, 1.165) is 10.8 Å². The second-order valence-corrected chi connectivity index (χ2v) is 4.58. The number of aliphatic carboxylic acids is 1. The van der Waals surface area contributed by atoms with E-state index in [4.69, 9.17) is 9.47 Å². The SMILES string of the molecule is CC/C(=C\c1cc(OC)c2ccccc2c1OC)C(=O)O. The van der Waals surface area contributed by atoms with Gasteiger partial charge in [-0.3, -0.25) is 0 Å². The van der Waals surface area contributed by atoms with E-state index in [0.29, 0.717) is 29.1 Å². The van der Waals surface area contributed by atoms with E-state index < -0.39 is 5.97 Å². The van der Waals surface area contributed by atoms with E-state index in [1.807, 2.05) is 31.2 Å². The quantitative estimate of drug-likeness (QED) is 0.851. The Kier molecular flexibility index (Phi) is 4.48. The molecule has 0 fully saturated rings. The number of methoxy groups -OCH3 is 2. The molecule has 21 heavy (non-hydrogen) atoms. The largest absolute Gasteiger partial charge is 0.496 e. The molecular formula is C17H18O4. The van der Waals surface area contributed by atoms with Crippen LogP contribution < -0.4 is 9.47 Å². The predicted molar refractivity (Wildman–Crippen MR) is 83.0 cm³/mol. The van der Waals surface area contributed by atoms with Crippen LogP contribution in [0, 0.1) is 0 Å². The minimum atomic E-state index is -0.924. The summed E-state index contributed by atoms with van der Waals surface area (Å²) >= 11 is 0. The average Bonchev–Trinajstić information content (AvgIpc) is 2.51. The molecule has 0 aliphatic rings. The molecule has 0 aliphatic carbocycles. The van der Waals surface area contributed by atoms with Crippen LogP contribution in [0.3, 0.4) is 0 Å². The molecule has 4 nitrogen and oxygen atoms in total. The van der Waals surface area contributed by atoms with E-state index in [9.17, 15) is 9.90 Å². The van der Waals surface area contributed by atoms with E-state index in [-0.39, 0.29) is 0 Å². The summed E-state index contributed by atoms with van der Waals surface area (Å²) in [6.45, 7) is 1.81. The van der Waals surface area contributed by atoms with Gasteiger partial charge in [0, 0.05) is 21.9 Å². The second-order valence-electron chi connectivity index (χ2n) is 4.58. The van der Waals surface area contributed by atoms with Gasteiger partial charge < -0.3 is 14.6 Å². The lowest BCUT2D eigenvalue weighted by Gasteiger charge is -2.13. The van der Waals surface area contributed by atoms with Crippen molar-refractivity contribution in [2.45, 2.75) is 13.3 Å². The molecule has 0 aliphatic heterocycles. The Hall–Kier alpha value is -2.49. The summed E-state index contributed by atoms with van der Waals surface area (Å²) < 4.78 is 10.9. The van der Waals surface area contributed by atoms with E-state index >= 15 is 0 Å². The van der Waals surface area contributed by atoms with Crippen LogP contribution in [0.5, 0.6) is 11.5 Å². The van der Waals surface area contributed by atoms with Gasteiger partial charge in [-0.05, 0) is 18.6 Å². The average molecular weight is 286 g/mol. The third kappa shape index (κ3) is 2.84. The molecule has 4 heteroatoms. The highest BCUT2D eigenvalue weighted by molar-refractivity contribution is 5.99. The molecule has 2 aromatic rings. The number of fused-ring (bicyclic) bond motifs is 1. The topological polar surface area (TPSA) is 55.8 Å². The number of carboxylic acid groups (broad SMARTS) is 1. The summed E-state index contributed by atoms with van der Waals surface area (Å²) in [4.78, 5) is 11.2. The van der Waals surface area contributed by atoms with E-state index in [2.05, 4.69) is 0 Å². The van der Waals surface area contributed by atoms with Crippen molar-refractivity contribution in [1.29, 1.82) is 0 Å². The van der Waals surface area contributed by atoms with Crippen LogP contribution in [0.2, 0.25) is 0 Å². The lowest BCUT2D eigenvalue weighted by atomic mass is 10.0. The minimum absolute atomic E-state index is 0.325. The van der Waals surface area contributed by atoms with Crippen LogP contribution in [-0.4, -0.2) is 25.3 Å². The first-order valence-corrected chi connectivity index (χ1v) is 6.70. The zero-order chi connectivity index (χ0) is 15.4. The molecule has 0 aromatic heterocycles. The molecule has 0 heterocycles. The molecular weight excluding hydrogens is 268 g/mol. The lowest BCUT2D eigenvalue weighted by molar-refractivity contribution is -0.132. The molecule has 0 saturated carbocycles. The fraction of sp³-hybridized carbons (Fsp3) is 0.235. The molecule has 0 atom stereocenters. The molecule has 0 spiro atoms. The zero-order valence-electron chi connectivity index (χ0n) is 12.3. The van der Waals surface area contributed by atoms with Crippen molar-refractivity contribution in [3.8, 4) is 11.5 Å². The second kappa shape index (κ2) is 6.31. The molecule has 0 radical (unpaired) electrons. The highest BCUT2D eigenvalue weighted by atomic mass is 16.5. The maximum Gasteiger partial charge on any atom is 0.331 e. The number of carbonyl (C=O) groups is 1. The maximum atomic E-state index is 11.2. The minimum Gasteiger partial charge on any atom is -0.496 e. The molecule has 110 valence electrons. The van der Waals surface area contributed by atoms with Crippen LogP contribution >= 0.6 is 0 Å². The number of ether oxygens (including phenoxy) is 2. The first-order chi connectivity index (χ1) is 10.1. The highest BCUT2D eigenvalue weighted by Crippen LogP contribution is 2.37. The van der Waals surface area contributed by atoms with Crippen molar-refractivity contribution in [1.82, 2.24) is 0 Å². The Morgan fingerprint density at radius 1 is 1.19 bits per heavy atom. The molecule has 0 amide bonds. The van der Waals surface area contributed by atoms with Gasteiger partial charge in [-0.15, -0.1) is 0 Å². The molecule has 2 rings (SSSR count). The van der Waals surface area contributed by atoms with Crippen molar-refractivity contribution < 1.29 is 19.4 Å². The normalized spacial score (nSPS) is 11.5. The van der Waals surface area contributed by atoms with Crippen molar-refractivity contribution in [2.75, 3.05) is 14.2 Å². The van der Waals surface area contributed by atoms with Crippen LogP contribution in [0.15, 0.2) is 35.9 Å². The fourth-order valence-electron chi connectivity index (χ4n) is 2.34. The number of hydrogen-bond donors (Lipinski definition) is 1. The zero-order valence-corrected chi connectivity index (χ0v) is 12.3. The van der Waals surface area contributed by atoms with Gasteiger partial charge in [0.15, 0.2) is 0 Å². The number of hydrogen-bond acceptors (Lipinski definition) is 3. The van der Waals surface area contributed by atoms with Crippen LogP contribution in [-0.2, 0) is 4.79 Å². The number of benzene rings is 2. The first-order valence-electron chi connectivity index (χ1n) is 6.70. The maximum absolute atomic E-state index is 11.2. The Morgan fingerprint density at radius 2 is 1.86 bits per heavy atom. The van der Waals surface area contributed by atoms with E-state index in [1.54, 1.807) is 26.4 Å². The fourth-order valence-corrected chi connectivity index (χ4v) is 2.34. The number of rotatable bonds is 5. The first kappa shape index (κ1) is 14.9. The Morgan fingerprint density at radius 3 is 2.38 bits per heavy atom. The Balaban J connectivity index is 2.77. The summed E-state index contributed by atoms with van der Waals surface area (Å²) in [5.74, 6) is 0.420. The Labute approximate surface area is 123 Å². The number of carboxylic acids is 1. The lowest BCUT2D eigenvalue weighted by Crippen LogP contribution is -2.00. The standard InChI is InChI=1S/C17H18O4/c1-4-11(17(18)19)9-12-10-15(20-2)13-7-5-6-8-14(13)16(12)21-3/h5-10H,4H2,1-3H3,(H,18,19)/b11-9+. The predicted octanol–water partition coefficient (Wildman–Crippen LogP) is 3.74. The van der Waals surface area contributed by atoms with Crippen molar-refractivity contribution in [2.24, 2.45) is 0 Å². The third-order valence-corrected chi connectivity index (χ3v) is 3.40. The summed E-state index contributed by atoms with van der Waals surface area (Å²) in [6.07, 6.45) is 2.07. The van der Waals surface area contributed by atoms with Crippen LogP contribution in [0.1, 0.15) is 18.9 Å². The van der Waals surface area contributed by atoms with Gasteiger partial charge in [-0.2, -0.15) is 0 Å². The Bertz CT molecular complexity index is 701. The highest BCUT2D eigenvalue weighted by Gasteiger charge is 2.13. The van der Waals surface area contributed by atoms with Crippen LogP contribution in [0.25, 0.3) is 16.8 Å². The molecule has 1 N–H and O–H groups in total. The summed E-state index contributed by atoms with van der Waals surface area (Å²) in [5.41, 5.74) is 1.03. The van der Waals surface area contributed by atoms with Gasteiger partial charge in [0.2, 0.25) is 0 Å². The summed E-state index contributed by atoms with van der Waals surface area (Å²) in [6, 6.07) is 9.52. The smallest absolute Gasteiger partial charge is 0.331 e. The molecule has 0 unspecified atom stereocenters. The summed E-state index contributed by atoms with van der Waals surface area (Å²) in [5, 5.41) is 11.0. The van der Waals surface area contributed by atoms with Crippen molar-refractivity contribution in [3.63, 3.8) is 0 Å². The van der Waals surface area contributed by atoms with Gasteiger partial charge in [0.05, 0.1) is 14.2 Å². The third-order valence-electron chi connectivity index (χ3n) is 3.40.